The molecule has 33 heavy (non-hydrogen) atoms. The molecule has 0 unspecified atom stereocenters. The van der Waals surface area contributed by atoms with Crippen molar-refractivity contribution in [3.05, 3.63) is 70.8 Å². The highest BCUT2D eigenvalue weighted by Crippen LogP contribution is 2.53. The van der Waals surface area contributed by atoms with Crippen LogP contribution < -0.4 is 0 Å². The lowest BCUT2D eigenvalue weighted by Crippen LogP contribution is -2.43. The van der Waals surface area contributed by atoms with Gasteiger partial charge in [0.25, 0.3) is 0 Å². The first-order valence-electron chi connectivity index (χ1n) is 13.5. The van der Waals surface area contributed by atoms with E-state index in [0.717, 1.165) is 64.2 Å². The third kappa shape index (κ3) is 5.36. The second-order valence-corrected chi connectivity index (χ2v) is 10.8. The van der Waals surface area contributed by atoms with Crippen LogP contribution in [0.3, 0.4) is 0 Å². The van der Waals surface area contributed by atoms with E-state index in [9.17, 15) is 9.90 Å². The average Bonchev–Trinajstić information content (AvgIpc) is 2.85. The van der Waals surface area contributed by atoms with Gasteiger partial charge in [0.05, 0.1) is 5.41 Å². The van der Waals surface area contributed by atoms with Crippen molar-refractivity contribution in [2.75, 3.05) is 0 Å². The number of hydrogen-bond acceptors (Lipinski definition) is 1. The van der Waals surface area contributed by atoms with Crippen LogP contribution in [0.25, 0.3) is 0 Å². The minimum atomic E-state index is -0.536. The van der Waals surface area contributed by atoms with Crippen molar-refractivity contribution in [1.29, 1.82) is 0 Å². The Morgan fingerprint density at radius 2 is 1.15 bits per heavy atom. The average molecular weight is 447 g/mol. The molecule has 0 radical (unpaired) electrons. The van der Waals surface area contributed by atoms with Crippen molar-refractivity contribution in [3.63, 3.8) is 0 Å². The minimum Gasteiger partial charge on any atom is -0.481 e. The van der Waals surface area contributed by atoms with Crippen molar-refractivity contribution >= 4 is 5.97 Å². The second kappa shape index (κ2) is 10.9. The van der Waals surface area contributed by atoms with Crippen molar-refractivity contribution < 1.29 is 9.90 Å². The fourth-order valence-corrected chi connectivity index (χ4v) is 6.73. The quantitative estimate of drug-likeness (QED) is 0.443. The molecule has 0 aliphatic heterocycles. The molecule has 0 saturated heterocycles. The van der Waals surface area contributed by atoms with Crippen molar-refractivity contribution in [1.82, 2.24) is 0 Å². The Morgan fingerprint density at radius 1 is 0.727 bits per heavy atom. The zero-order valence-electron chi connectivity index (χ0n) is 20.7. The third-order valence-electron chi connectivity index (χ3n) is 8.79. The standard InChI is InChI=1S/C31H42O2/c1-3-5-23-7-11-25(12-8-23)27-15-17-29(18-16-27)31(30(32)33)21-19-28(20-22-31)26-13-9-24(6-4-2)10-14-26/h7-14,27-29H,3-6,15-22H2,1-2H3,(H,32,33). The highest BCUT2D eigenvalue weighted by atomic mass is 16.4. The van der Waals surface area contributed by atoms with Crippen molar-refractivity contribution in [3.8, 4) is 0 Å². The molecule has 2 saturated carbocycles. The van der Waals surface area contributed by atoms with Crippen LogP contribution in [-0.4, -0.2) is 11.1 Å². The van der Waals surface area contributed by atoms with Crippen LogP contribution >= 0.6 is 0 Å². The molecule has 2 aliphatic rings. The van der Waals surface area contributed by atoms with Crippen LogP contribution in [0.2, 0.25) is 0 Å². The number of carbonyl (C=O) groups is 1. The summed E-state index contributed by atoms with van der Waals surface area (Å²) >= 11 is 0. The van der Waals surface area contributed by atoms with Crippen LogP contribution in [-0.2, 0) is 17.6 Å². The topological polar surface area (TPSA) is 37.3 Å². The Kier molecular flexibility index (Phi) is 7.94. The van der Waals surface area contributed by atoms with E-state index in [1.165, 1.54) is 35.1 Å². The van der Waals surface area contributed by atoms with Gasteiger partial charge < -0.3 is 5.11 Å². The maximum absolute atomic E-state index is 12.6. The van der Waals surface area contributed by atoms with E-state index in [1.54, 1.807) is 0 Å². The van der Waals surface area contributed by atoms with E-state index in [2.05, 4.69) is 62.4 Å². The van der Waals surface area contributed by atoms with Gasteiger partial charge in [0, 0.05) is 0 Å². The summed E-state index contributed by atoms with van der Waals surface area (Å²) in [5, 5.41) is 10.4. The lowest BCUT2D eigenvalue weighted by atomic mass is 9.58. The molecule has 178 valence electrons. The summed E-state index contributed by atoms with van der Waals surface area (Å²) < 4.78 is 0. The van der Waals surface area contributed by atoms with Gasteiger partial charge in [-0.2, -0.15) is 0 Å². The highest BCUT2D eigenvalue weighted by molar-refractivity contribution is 5.75. The number of aliphatic carboxylic acids is 1. The highest BCUT2D eigenvalue weighted by Gasteiger charge is 2.48. The van der Waals surface area contributed by atoms with Crippen molar-refractivity contribution in [2.24, 2.45) is 11.3 Å². The summed E-state index contributed by atoms with van der Waals surface area (Å²) in [4.78, 5) is 12.6. The predicted octanol–water partition coefficient (Wildman–Crippen LogP) is 8.29. The maximum Gasteiger partial charge on any atom is 0.309 e. The summed E-state index contributed by atoms with van der Waals surface area (Å²) in [5.41, 5.74) is 5.19. The Labute approximate surface area is 200 Å². The maximum atomic E-state index is 12.6. The van der Waals surface area contributed by atoms with Gasteiger partial charge in [0.2, 0.25) is 0 Å². The van der Waals surface area contributed by atoms with E-state index in [1.807, 2.05) is 0 Å². The summed E-state index contributed by atoms with van der Waals surface area (Å²) in [6.07, 6.45) is 12.7. The lowest BCUT2D eigenvalue weighted by Gasteiger charge is -2.45. The molecule has 0 bridgehead atoms. The van der Waals surface area contributed by atoms with E-state index >= 15 is 0 Å². The molecule has 2 aliphatic carbocycles. The molecule has 2 aromatic rings. The summed E-state index contributed by atoms with van der Waals surface area (Å²) in [5.74, 6) is 0.914. The Hall–Kier alpha value is -2.09. The van der Waals surface area contributed by atoms with Crippen LogP contribution in [0.5, 0.6) is 0 Å². The first kappa shape index (κ1) is 24.0. The Bertz CT molecular complexity index is 880. The first-order valence-corrected chi connectivity index (χ1v) is 13.5. The van der Waals surface area contributed by atoms with Crippen LogP contribution in [0.15, 0.2) is 48.5 Å². The zero-order valence-corrected chi connectivity index (χ0v) is 20.7. The number of carboxylic acids is 1. The van der Waals surface area contributed by atoms with Gasteiger partial charge in [0.1, 0.15) is 0 Å². The molecule has 2 heteroatoms. The van der Waals surface area contributed by atoms with Gasteiger partial charge in [0.15, 0.2) is 0 Å². The number of benzene rings is 2. The summed E-state index contributed by atoms with van der Waals surface area (Å²) in [6.45, 7) is 4.45. The third-order valence-corrected chi connectivity index (χ3v) is 8.79. The van der Waals surface area contributed by atoms with Crippen molar-refractivity contribution in [2.45, 2.75) is 103 Å². The molecule has 2 fully saturated rings. The van der Waals surface area contributed by atoms with Crippen LogP contribution in [0.4, 0.5) is 0 Å². The van der Waals surface area contributed by atoms with Gasteiger partial charge in [-0.15, -0.1) is 0 Å². The van der Waals surface area contributed by atoms with Gasteiger partial charge >= 0.3 is 5.97 Å². The monoisotopic (exact) mass is 446 g/mol. The molecule has 2 aromatic carbocycles. The Morgan fingerprint density at radius 3 is 1.55 bits per heavy atom. The second-order valence-electron chi connectivity index (χ2n) is 10.8. The molecule has 2 nitrogen and oxygen atoms in total. The first-order chi connectivity index (χ1) is 16.1. The molecule has 0 aromatic heterocycles. The number of carboxylic acid groups (broad SMARTS) is 1. The van der Waals surface area contributed by atoms with Gasteiger partial charge in [-0.3, -0.25) is 4.79 Å². The fraction of sp³-hybridized carbons (Fsp3) is 0.581. The molecule has 0 heterocycles. The zero-order chi connectivity index (χ0) is 23.3. The smallest absolute Gasteiger partial charge is 0.309 e. The predicted molar refractivity (Wildman–Crippen MR) is 137 cm³/mol. The normalized spacial score (nSPS) is 27.9. The molecule has 0 spiro atoms. The molecule has 0 amide bonds. The number of hydrogen-bond donors (Lipinski definition) is 1. The number of aryl methyl sites for hydroxylation is 2. The van der Waals surface area contributed by atoms with E-state index < -0.39 is 11.4 Å². The van der Waals surface area contributed by atoms with Gasteiger partial charge in [-0.1, -0.05) is 75.2 Å². The summed E-state index contributed by atoms with van der Waals surface area (Å²) in [6, 6.07) is 18.3. The van der Waals surface area contributed by atoms with E-state index in [4.69, 9.17) is 0 Å². The molecular weight excluding hydrogens is 404 g/mol. The SMILES string of the molecule is CCCc1ccc(C2CCC(C3(C(=O)O)CCC(c4ccc(CCC)cc4)CC3)CC2)cc1. The van der Waals surface area contributed by atoms with E-state index in [0.29, 0.717) is 17.8 Å². The molecule has 4 rings (SSSR count). The van der Waals surface area contributed by atoms with Gasteiger partial charge in [-0.05, 0) is 104 Å². The molecule has 1 N–H and O–H groups in total. The van der Waals surface area contributed by atoms with E-state index in [-0.39, 0.29) is 0 Å². The lowest BCUT2D eigenvalue weighted by molar-refractivity contribution is -0.157. The summed E-state index contributed by atoms with van der Waals surface area (Å²) in [7, 11) is 0. The molecule has 0 atom stereocenters. The Balaban J connectivity index is 1.36. The largest absolute Gasteiger partial charge is 0.481 e. The number of rotatable bonds is 8. The molecular formula is C31H42O2. The van der Waals surface area contributed by atoms with Crippen LogP contribution in [0.1, 0.15) is 112 Å². The van der Waals surface area contributed by atoms with Crippen LogP contribution in [0, 0.1) is 11.3 Å². The van der Waals surface area contributed by atoms with Gasteiger partial charge in [-0.25, -0.2) is 0 Å². The minimum absolute atomic E-state index is 0.332. The fourth-order valence-electron chi connectivity index (χ4n) is 6.73.